The largest absolute Gasteiger partial charge is 0.359 e. The molecule has 0 atom stereocenters. The molecule has 1 nitrogen and oxygen atoms in total. The van der Waals surface area contributed by atoms with E-state index in [4.69, 9.17) is 0 Å². The van der Waals surface area contributed by atoms with Crippen molar-refractivity contribution >= 4 is 10.9 Å². The average molecular weight is 213 g/mol. The molecule has 1 aromatic heterocycles. The summed E-state index contributed by atoms with van der Waals surface area (Å²) < 4.78 is 0. The van der Waals surface area contributed by atoms with Gasteiger partial charge in [-0.2, -0.15) is 0 Å². The molecule has 2 aromatic rings. The third-order valence-corrected chi connectivity index (χ3v) is 4.09. The number of aryl methyl sites for hydroxylation is 1. The molecule has 84 valence electrons. The van der Waals surface area contributed by atoms with Crippen molar-refractivity contribution in [3.8, 4) is 0 Å². The second-order valence-corrected chi connectivity index (χ2v) is 5.20. The van der Waals surface area contributed by atoms with E-state index in [-0.39, 0.29) is 0 Å². The molecule has 0 unspecified atom stereocenters. The lowest BCUT2D eigenvalue weighted by Gasteiger charge is -2.35. The highest BCUT2D eigenvalue weighted by atomic mass is 14.7. The van der Waals surface area contributed by atoms with E-state index in [0.29, 0.717) is 0 Å². The van der Waals surface area contributed by atoms with Crippen molar-refractivity contribution in [3.63, 3.8) is 0 Å². The third kappa shape index (κ3) is 1.46. The summed E-state index contributed by atoms with van der Waals surface area (Å²) in [6.07, 6.45) is 4.12. The Balaban J connectivity index is 1.98. The highest BCUT2D eigenvalue weighted by Gasteiger charge is 2.29. The summed E-state index contributed by atoms with van der Waals surface area (Å²) in [6, 6.07) is 8.98. The minimum Gasteiger partial charge on any atom is -0.359 e. The van der Waals surface area contributed by atoms with Crippen LogP contribution in [0.5, 0.6) is 0 Å². The zero-order valence-electron chi connectivity index (χ0n) is 10.1. The lowest BCUT2D eigenvalue weighted by molar-refractivity contribution is 0.258. The maximum Gasteiger partial charge on any atom is 0.0458 e. The monoisotopic (exact) mass is 213 g/mol. The summed E-state index contributed by atoms with van der Waals surface area (Å²) >= 11 is 0. The molecular weight excluding hydrogens is 194 g/mol. The molecule has 0 spiro atoms. The van der Waals surface area contributed by atoms with Gasteiger partial charge in [0.2, 0.25) is 0 Å². The van der Waals surface area contributed by atoms with Gasteiger partial charge in [0, 0.05) is 16.6 Å². The second kappa shape index (κ2) is 3.65. The Morgan fingerprint density at radius 1 is 1.31 bits per heavy atom. The topological polar surface area (TPSA) is 15.8 Å². The molecule has 0 aliphatic heterocycles. The van der Waals surface area contributed by atoms with Crippen molar-refractivity contribution in [2.45, 2.75) is 39.0 Å². The van der Waals surface area contributed by atoms with E-state index < -0.39 is 0 Å². The maximum atomic E-state index is 3.43. The van der Waals surface area contributed by atoms with Crippen molar-refractivity contribution < 1.29 is 0 Å². The smallest absolute Gasteiger partial charge is 0.0458 e. The summed E-state index contributed by atoms with van der Waals surface area (Å²) in [4.78, 5) is 3.43. The van der Waals surface area contributed by atoms with Gasteiger partial charge in [-0.15, -0.1) is 0 Å². The molecule has 3 rings (SSSR count). The fourth-order valence-electron chi connectivity index (χ4n) is 3.00. The van der Waals surface area contributed by atoms with Crippen LogP contribution in [0.25, 0.3) is 10.9 Å². The SMILES string of the molecule is CCC1CC(c2cccc3[nH]c(C)cc23)C1. The van der Waals surface area contributed by atoms with E-state index in [1.165, 1.54) is 35.9 Å². The van der Waals surface area contributed by atoms with E-state index in [9.17, 15) is 0 Å². The van der Waals surface area contributed by atoms with Crippen LogP contribution in [-0.4, -0.2) is 4.98 Å². The van der Waals surface area contributed by atoms with Crippen LogP contribution >= 0.6 is 0 Å². The molecule has 1 aliphatic carbocycles. The zero-order valence-corrected chi connectivity index (χ0v) is 10.1. The molecule has 0 radical (unpaired) electrons. The Hall–Kier alpha value is -1.24. The van der Waals surface area contributed by atoms with Crippen molar-refractivity contribution in [1.29, 1.82) is 0 Å². The van der Waals surface area contributed by atoms with Crippen molar-refractivity contribution in [2.24, 2.45) is 5.92 Å². The predicted molar refractivity (Wildman–Crippen MR) is 68.8 cm³/mol. The molecule has 1 N–H and O–H groups in total. The third-order valence-electron chi connectivity index (χ3n) is 4.09. The Morgan fingerprint density at radius 2 is 2.12 bits per heavy atom. The summed E-state index contributed by atoms with van der Waals surface area (Å²) in [7, 11) is 0. The van der Waals surface area contributed by atoms with Gasteiger partial charge in [0.25, 0.3) is 0 Å². The Morgan fingerprint density at radius 3 is 2.88 bits per heavy atom. The van der Waals surface area contributed by atoms with E-state index >= 15 is 0 Å². The Labute approximate surface area is 96.9 Å². The molecule has 16 heavy (non-hydrogen) atoms. The molecule has 0 amide bonds. The van der Waals surface area contributed by atoms with E-state index in [1.807, 2.05) is 0 Å². The van der Waals surface area contributed by atoms with Crippen LogP contribution in [0.4, 0.5) is 0 Å². The average Bonchev–Trinajstić information content (AvgIpc) is 2.57. The van der Waals surface area contributed by atoms with Crippen molar-refractivity contribution in [1.82, 2.24) is 4.98 Å². The van der Waals surface area contributed by atoms with Gasteiger partial charge in [-0.05, 0) is 49.3 Å². The maximum absolute atomic E-state index is 3.43. The molecule has 0 bridgehead atoms. The van der Waals surface area contributed by atoms with Crippen LogP contribution in [0.1, 0.15) is 43.4 Å². The minimum absolute atomic E-state index is 0.809. The highest BCUT2D eigenvalue weighted by Crippen LogP contribution is 2.45. The van der Waals surface area contributed by atoms with Gasteiger partial charge < -0.3 is 4.98 Å². The lowest BCUT2D eigenvalue weighted by Crippen LogP contribution is -2.21. The molecule has 1 aliphatic rings. The first-order chi connectivity index (χ1) is 7.78. The lowest BCUT2D eigenvalue weighted by atomic mass is 9.70. The summed E-state index contributed by atoms with van der Waals surface area (Å²) in [5.41, 5.74) is 4.13. The van der Waals surface area contributed by atoms with Gasteiger partial charge in [0.05, 0.1) is 0 Å². The number of rotatable bonds is 2. The standard InChI is InChI=1S/C15H19N/c1-3-11-8-12(9-11)13-5-4-6-15-14(13)7-10(2)16-15/h4-7,11-12,16H,3,8-9H2,1-2H3. The van der Waals surface area contributed by atoms with Crippen LogP contribution in [0, 0.1) is 12.8 Å². The first-order valence-corrected chi connectivity index (χ1v) is 6.36. The molecule has 0 saturated heterocycles. The number of hydrogen-bond acceptors (Lipinski definition) is 0. The van der Waals surface area contributed by atoms with Gasteiger partial charge >= 0.3 is 0 Å². The van der Waals surface area contributed by atoms with E-state index in [0.717, 1.165) is 11.8 Å². The van der Waals surface area contributed by atoms with Gasteiger partial charge in [-0.3, -0.25) is 0 Å². The highest BCUT2D eigenvalue weighted by molar-refractivity contribution is 5.84. The minimum atomic E-state index is 0.809. The molecule has 1 fully saturated rings. The van der Waals surface area contributed by atoms with Crippen LogP contribution < -0.4 is 0 Å². The summed E-state index contributed by atoms with van der Waals surface area (Å²) in [5.74, 6) is 1.78. The Kier molecular flexibility index (Phi) is 2.27. The van der Waals surface area contributed by atoms with E-state index in [1.54, 1.807) is 5.56 Å². The molecule has 1 heteroatoms. The second-order valence-electron chi connectivity index (χ2n) is 5.20. The number of H-pyrrole nitrogens is 1. The quantitative estimate of drug-likeness (QED) is 0.762. The van der Waals surface area contributed by atoms with Crippen molar-refractivity contribution in [2.75, 3.05) is 0 Å². The van der Waals surface area contributed by atoms with Crippen LogP contribution in [0.3, 0.4) is 0 Å². The molecular formula is C15H19N. The van der Waals surface area contributed by atoms with Gasteiger partial charge in [0.1, 0.15) is 0 Å². The Bertz CT molecular complexity index is 503. The van der Waals surface area contributed by atoms with Crippen molar-refractivity contribution in [3.05, 3.63) is 35.5 Å². The van der Waals surface area contributed by atoms with Gasteiger partial charge in [-0.25, -0.2) is 0 Å². The van der Waals surface area contributed by atoms with Crippen LogP contribution in [0.15, 0.2) is 24.3 Å². The zero-order chi connectivity index (χ0) is 11.1. The molecule has 1 aromatic carbocycles. The number of aromatic nitrogens is 1. The van der Waals surface area contributed by atoms with Crippen LogP contribution in [0.2, 0.25) is 0 Å². The number of aromatic amines is 1. The number of nitrogens with one attached hydrogen (secondary N) is 1. The number of fused-ring (bicyclic) bond motifs is 1. The van der Waals surface area contributed by atoms with E-state index in [2.05, 4.69) is 43.1 Å². The summed E-state index contributed by atoms with van der Waals surface area (Å²) in [6.45, 7) is 4.45. The first kappa shape index (κ1) is 9.95. The number of hydrogen-bond donors (Lipinski definition) is 1. The normalized spacial score (nSPS) is 24.6. The van der Waals surface area contributed by atoms with Crippen LogP contribution in [-0.2, 0) is 0 Å². The predicted octanol–water partition coefficient (Wildman–Crippen LogP) is 4.38. The van der Waals surface area contributed by atoms with Gasteiger partial charge in [0.15, 0.2) is 0 Å². The first-order valence-electron chi connectivity index (χ1n) is 6.36. The van der Waals surface area contributed by atoms with Gasteiger partial charge in [-0.1, -0.05) is 25.5 Å². The fraction of sp³-hybridized carbons (Fsp3) is 0.467. The molecule has 1 saturated carbocycles. The fourth-order valence-corrected chi connectivity index (χ4v) is 3.00. The molecule has 1 heterocycles. The number of benzene rings is 1. The summed E-state index contributed by atoms with van der Waals surface area (Å²) in [5, 5.41) is 1.44.